The van der Waals surface area contributed by atoms with Gasteiger partial charge in [-0.05, 0) is 41.8 Å². The van der Waals surface area contributed by atoms with E-state index >= 15 is 0 Å². The first-order valence-electron chi connectivity index (χ1n) is 9.81. The summed E-state index contributed by atoms with van der Waals surface area (Å²) in [5.41, 5.74) is 0.229. The van der Waals surface area contributed by atoms with Crippen molar-refractivity contribution < 1.29 is 30.8 Å². The van der Waals surface area contributed by atoms with Gasteiger partial charge < -0.3 is 5.32 Å². The fraction of sp³-hybridized carbons (Fsp3) is 0.174. The second kappa shape index (κ2) is 10.1. The molecule has 0 spiro atoms. The number of amides is 1. The summed E-state index contributed by atoms with van der Waals surface area (Å²) in [6.45, 7) is -0.121. The lowest BCUT2D eigenvalue weighted by molar-refractivity contribution is -0.137. The van der Waals surface area contributed by atoms with Gasteiger partial charge in [-0.1, -0.05) is 54.6 Å². The molecule has 0 aliphatic rings. The van der Waals surface area contributed by atoms with E-state index in [1.54, 1.807) is 30.3 Å². The third-order valence-corrected chi connectivity index (χ3v) is 6.28. The lowest BCUT2D eigenvalue weighted by Gasteiger charge is -2.19. The van der Waals surface area contributed by atoms with Gasteiger partial charge in [0.1, 0.15) is 16.8 Å². The van der Waals surface area contributed by atoms with E-state index in [4.69, 9.17) is 0 Å². The largest absolute Gasteiger partial charge is 0.416 e. The van der Waals surface area contributed by atoms with Gasteiger partial charge in [-0.15, -0.1) is 0 Å². The van der Waals surface area contributed by atoms with E-state index < -0.39 is 44.4 Å². The summed E-state index contributed by atoms with van der Waals surface area (Å²) in [4.78, 5) is 12.2. The van der Waals surface area contributed by atoms with Crippen LogP contribution in [0.5, 0.6) is 0 Å². The Bertz CT molecular complexity index is 1200. The molecule has 0 saturated heterocycles. The predicted molar refractivity (Wildman–Crippen MR) is 114 cm³/mol. The first kappa shape index (κ1) is 24.4. The van der Waals surface area contributed by atoms with E-state index in [0.717, 1.165) is 24.3 Å². The molecule has 0 fully saturated rings. The summed E-state index contributed by atoms with van der Waals surface area (Å²) in [6.07, 6.45) is -4.50. The number of nitrogens with one attached hydrogen (secondary N) is 2. The highest BCUT2D eigenvalue weighted by molar-refractivity contribution is 7.89. The molecule has 0 bridgehead atoms. The van der Waals surface area contributed by atoms with Crippen LogP contribution in [0.2, 0.25) is 0 Å². The van der Waals surface area contributed by atoms with E-state index in [-0.39, 0.29) is 13.0 Å². The van der Waals surface area contributed by atoms with Gasteiger partial charge in [-0.3, -0.25) is 4.79 Å². The average molecular weight is 480 g/mol. The summed E-state index contributed by atoms with van der Waals surface area (Å²) < 4.78 is 79.9. The second-order valence-electron chi connectivity index (χ2n) is 7.21. The topological polar surface area (TPSA) is 75.3 Å². The molecule has 0 saturated carbocycles. The number of benzene rings is 3. The Kier molecular flexibility index (Phi) is 7.50. The minimum Gasteiger partial charge on any atom is -0.351 e. The molecule has 0 aliphatic carbocycles. The highest BCUT2D eigenvalue weighted by atomic mass is 32.2. The number of sulfonamides is 1. The van der Waals surface area contributed by atoms with Crippen LogP contribution >= 0.6 is 0 Å². The van der Waals surface area contributed by atoms with Crippen LogP contribution in [-0.2, 0) is 34.0 Å². The molecule has 5 nitrogen and oxygen atoms in total. The fourth-order valence-electron chi connectivity index (χ4n) is 3.08. The Balaban J connectivity index is 1.77. The van der Waals surface area contributed by atoms with Crippen LogP contribution in [0.25, 0.3) is 0 Å². The van der Waals surface area contributed by atoms with Gasteiger partial charge in [0, 0.05) is 6.54 Å². The van der Waals surface area contributed by atoms with Crippen molar-refractivity contribution in [3.63, 3.8) is 0 Å². The summed E-state index contributed by atoms with van der Waals surface area (Å²) in [7, 11) is -4.37. The monoisotopic (exact) mass is 480 g/mol. The minimum absolute atomic E-state index is 0.0205. The second-order valence-corrected chi connectivity index (χ2v) is 8.89. The molecule has 0 radical (unpaired) electrons. The van der Waals surface area contributed by atoms with E-state index in [2.05, 4.69) is 10.0 Å². The smallest absolute Gasteiger partial charge is 0.351 e. The average Bonchev–Trinajstić information content (AvgIpc) is 2.77. The van der Waals surface area contributed by atoms with Gasteiger partial charge >= 0.3 is 6.18 Å². The molecular formula is C23H20F4N2O3S. The normalized spacial score (nSPS) is 12.8. The molecule has 2 N–H and O–H groups in total. The highest BCUT2D eigenvalue weighted by Crippen LogP contribution is 2.29. The number of carbonyl (C=O) groups is 1. The third kappa shape index (κ3) is 6.62. The first-order valence-corrected chi connectivity index (χ1v) is 11.3. The number of carbonyl (C=O) groups excluding carboxylic acids is 1. The lowest BCUT2D eigenvalue weighted by Crippen LogP contribution is -2.47. The van der Waals surface area contributed by atoms with Crippen LogP contribution in [0.3, 0.4) is 0 Å². The molecular weight excluding hydrogens is 460 g/mol. The molecule has 1 unspecified atom stereocenters. The highest BCUT2D eigenvalue weighted by Gasteiger charge is 2.30. The predicted octanol–water partition coefficient (Wildman–Crippen LogP) is 4.05. The van der Waals surface area contributed by atoms with E-state index in [0.29, 0.717) is 11.1 Å². The van der Waals surface area contributed by atoms with Crippen LogP contribution in [0.15, 0.2) is 83.8 Å². The summed E-state index contributed by atoms with van der Waals surface area (Å²) >= 11 is 0. The zero-order valence-electron chi connectivity index (χ0n) is 17.1. The maximum absolute atomic E-state index is 14.0. The lowest BCUT2D eigenvalue weighted by atomic mass is 10.1. The molecule has 3 rings (SSSR count). The van der Waals surface area contributed by atoms with Gasteiger partial charge in [0.15, 0.2) is 0 Å². The molecule has 0 aromatic heterocycles. The van der Waals surface area contributed by atoms with E-state index in [1.165, 1.54) is 24.3 Å². The van der Waals surface area contributed by atoms with Gasteiger partial charge in [-0.25, -0.2) is 12.8 Å². The Morgan fingerprint density at radius 3 is 2.06 bits per heavy atom. The molecule has 10 heteroatoms. The van der Waals surface area contributed by atoms with Crippen molar-refractivity contribution in [1.82, 2.24) is 10.0 Å². The summed E-state index contributed by atoms with van der Waals surface area (Å²) in [6, 6.07) is 16.3. The van der Waals surface area contributed by atoms with Gasteiger partial charge in [0.25, 0.3) is 0 Å². The van der Waals surface area contributed by atoms with Crippen LogP contribution in [0.4, 0.5) is 17.6 Å². The molecule has 3 aromatic carbocycles. The molecule has 174 valence electrons. The zero-order chi connectivity index (χ0) is 24.1. The number of hydrogen-bond donors (Lipinski definition) is 2. The Hall–Kier alpha value is -3.24. The van der Waals surface area contributed by atoms with Crippen molar-refractivity contribution in [2.45, 2.75) is 30.1 Å². The SMILES string of the molecule is O=C(NCc1ccc(C(F)(F)F)cc1)C(Cc1ccccc1)NS(=O)(=O)c1ccccc1F. The summed E-state index contributed by atoms with van der Waals surface area (Å²) in [5.74, 6) is -1.67. The molecule has 0 aliphatic heterocycles. The first-order chi connectivity index (χ1) is 15.6. The van der Waals surface area contributed by atoms with Crippen molar-refractivity contribution >= 4 is 15.9 Å². The van der Waals surface area contributed by atoms with Gasteiger partial charge in [0.05, 0.1) is 5.56 Å². The Labute approximate surface area is 188 Å². The quantitative estimate of drug-likeness (QED) is 0.478. The maximum Gasteiger partial charge on any atom is 0.416 e. The van der Waals surface area contributed by atoms with Crippen LogP contribution in [-0.4, -0.2) is 20.4 Å². The van der Waals surface area contributed by atoms with Crippen molar-refractivity contribution in [3.8, 4) is 0 Å². The maximum atomic E-state index is 14.0. The van der Waals surface area contributed by atoms with Crippen molar-refractivity contribution in [2.75, 3.05) is 0 Å². The molecule has 33 heavy (non-hydrogen) atoms. The van der Waals surface area contributed by atoms with E-state index in [1.807, 2.05) is 0 Å². The van der Waals surface area contributed by atoms with Crippen molar-refractivity contribution in [2.24, 2.45) is 0 Å². The molecule has 3 aromatic rings. The van der Waals surface area contributed by atoms with Crippen molar-refractivity contribution in [3.05, 3.63) is 101 Å². The van der Waals surface area contributed by atoms with Crippen LogP contribution in [0.1, 0.15) is 16.7 Å². The molecule has 1 atom stereocenters. The van der Waals surface area contributed by atoms with Crippen molar-refractivity contribution in [1.29, 1.82) is 0 Å². The molecule has 0 heterocycles. The van der Waals surface area contributed by atoms with E-state index in [9.17, 15) is 30.8 Å². The number of hydrogen-bond acceptors (Lipinski definition) is 3. The third-order valence-electron chi connectivity index (χ3n) is 4.77. The molecule has 1 amide bonds. The van der Waals surface area contributed by atoms with Crippen LogP contribution < -0.4 is 10.0 Å². The number of halogens is 4. The number of rotatable bonds is 8. The fourth-order valence-corrected chi connectivity index (χ4v) is 4.35. The van der Waals surface area contributed by atoms with Gasteiger partial charge in [0.2, 0.25) is 15.9 Å². The van der Waals surface area contributed by atoms with Gasteiger partial charge in [-0.2, -0.15) is 17.9 Å². The minimum atomic E-state index is -4.48. The number of alkyl halides is 3. The Morgan fingerprint density at radius 2 is 1.45 bits per heavy atom. The summed E-state index contributed by atoms with van der Waals surface area (Å²) in [5, 5.41) is 2.53. The zero-order valence-corrected chi connectivity index (χ0v) is 18.0. The van der Waals surface area contributed by atoms with Crippen LogP contribution in [0, 0.1) is 5.82 Å². The Morgan fingerprint density at radius 1 is 0.848 bits per heavy atom. The standard InChI is InChI=1S/C23H20F4N2O3S/c24-19-8-4-5-9-21(19)33(31,32)29-20(14-16-6-2-1-3-7-16)22(30)28-15-17-10-12-18(13-11-17)23(25,26)27/h1-13,20,29H,14-15H2,(H,28,30).